The van der Waals surface area contributed by atoms with Crippen molar-refractivity contribution in [3.05, 3.63) is 60.3 Å². The van der Waals surface area contributed by atoms with Gasteiger partial charge in [-0.15, -0.1) is 0 Å². The molecule has 2 rings (SSSR count). The maximum Gasteiger partial charge on any atom is 0.150 e. The second kappa shape index (κ2) is 4.53. The third-order valence-electron chi connectivity index (χ3n) is 2.36. The monoisotopic (exact) mass is 209 g/mol. The fourth-order valence-electron chi connectivity index (χ4n) is 1.43. The molecule has 0 unspecified atom stereocenters. The van der Waals surface area contributed by atoms with E-state index in [1.165, 1.54) is 0 Å². The van der Waals surface area contributed by atoms with Gasteiger partial charge in [0.05, 0.1) is 5.69 Å². The van der Waals surface area contributed by atoms with Gasteiger partial charge >= 0.3 is 0 Å². The largest absolute Gasteiger partial charge is 0.298 e. The van der Waals surface area contributed by atoms with Crippen LogP contribution in [-0.2, 0) is 0 Å². The van der Waals surface area contributed by atoms with E-state index in [0.717, 1.165) is 23.1 Å². The highest BCUT2D eigenvalue weighted by Gasteiger charge is 1.98. The molecule has 78 valence electrons. The predicted octanol–water partition coefficient (Wildman–Crippen LogP) is 3.20. The van der Waals surface area contributed by atoms with Crippen molar-refractivity contribution in [1.82, 2.24) is 4.98 Å². The van der Waals surface area contributed by atoms with E-state index < -0.39 is 0 Å². The Morgan fingerprint density at radius 3 is 2.19 bits per heavy atom. The van der Waals surface area contributed by atoms with Crippen LogP contribution in [0.25, 0.3) is 17.3 Å². The van der Waals surface area contributed by atoms with E-state index in [0.29, 0.717) is 5.56 Å². The lowest BCUT2D eigenvalue weighted by atomic mass is 10.1. The zero-order chi connectivity index (χ0) is 11.4. The topological polar surface area (TPSA) is 30.0 Å². The highest BCUT2D eigenvalue weighted by atomic mass is 16.1. The number of carbonyl (C=O) groups is 1. The molecule has 2 nitrogen and oxygen atoms in total. The van der Waals surface area contributed by atoms with E-state index in [4.69, 9.17) is 0 Å². The number of carbonyl (C=O) groups excluding carboxylic acids is 1. The lowest BCUT2D eigenvalue weighted by molar-refractivity contribution is 0.112. The Morgan fingerprint density at radius 2 is 1.69 bits per heavy atom. The van der Waals surface area contributed by atoms with Crippen molar-refractivity contribution >= 4 is 12.4 Å². The molecule has 0 atom stereocenters. The van der Waals surface area contributed by atoms with Gasteiger partial charge in [0, 0.05) is 17.3 Å². The van der Waals surface area contributed by atoms with Gasteiger partial charge in [-0.2, -0.15) is 0 Å². The van der Waals surface area contributed by atoms with Crippen molar-refractivity contribution in [2.45, 2.75) is 0 Å². The second-order valence-electron chi connectivity index (χ2n) is 3.42. The minimum Gasteiger partial charge on any atom is -0.298 e. The molecule has 2 heteroatoms. The third-order valence-corrected chi connectivity index (χ3v) is 2.36. The molecular formula is C14H11NO. The average molecular weight is 209 g/mol. The van der Waals surface area contributed by atoms with Crippen LogP contribution in [0, 0.1) is 0 Å². The highest BCUT2D eigenvalue weighted by molar-refractivity contribution is 5.76. The van der Waals surface area contributed by atoms with Gasteiger partial charge in [-0.05, 0) is 11.6 Å². The molecule has 1 heterocycles. The molecule has 0 aliphatic heterocycles. The van der Waals surface area contributed by atoms with E-state index >= 15 is 0 Å². The minimum atomic E-state index is 0.673. The lowest BCUT2D eigenvalue weighted by Gasteiger charge is -2.01. The van der Waals surface area contributed by atoms with Crippen LogP contribution in [0.5, 0.6) is 0 Å². The molecule has 1 aromatic carbocycles. The number of rotatable bonds is 3. The van der Waals surface area contributed by atoms with Crippen molar-refractivity contribution in [2.24, 2.45) is 0 Å². The van der Waals surface area contributed by atoms with Crippen LogP contribution >= 0.6 is 0 Å². The molecule has 0 saturated heterocycles. The van der Waals surface area contributed by atoms with Crippen LogP contribution < -0.4 is 0 Å². The van der Waals surface area contributed by atoms with E-state index in [9.17, 15) is 4.79 Å². The Morgan fingerprint density at radius 1 is 1.00 bits per heavy atom. The third kappa shape index (κ3) is 2.06. The van der Waals surface area contributed by atoms with Gasteiger partial charge in [-0.25, -0.2) is 0 Å². The summed E-state index contributed by atoms with van der Waals surface area (Å²) in [7, 11) is 0. The van der Waals surface area contributed by atoms with Gasteiger partial charge < -0.3 is 0 Å². The maximum absolute atomic E-state index is 10.5. The molecule has 0 aliphatic rings. The quantitative estimate of drug-likeness (QED) is 0.726. The Balaban J connectivity index is 2.34. The van der Waals surface area contributed by atoms with Crippen molar-refractivity contribution in [1.29, 1.82) is 0 Å². The zero-order valence-corrected chi connectivity index (χ0v) is 8.76. The number of aromatic nitrogens is 1. The second-order valence-corrected chi connectivity index (χ2v) is 3.42. The summed E-state index contributed by atoms with van der Waals surface area (Å²) in [5.74, 6) is 0. The first kappa shape index (κ1) is 10.3. The Bertz CT molecular complexity index is 448. The first-order valence-electron chi connectivity index (χ1n) is 4.97. The van der Waals surface area contributed by atoms with Gasteiger partial charge in [0.25, 0.3) is 0 Å². The van der Waals surface area contributed by atoms with E-state index in [2.05, 4.69) is 11.6 Å². The smallest absolute Gasteiger partial charge is 0.150 e. The molecule has 0 fully saturated rings. The molecule has 0 saturated carbocycles. The number of hydrogen-bond donors (Lipinski definition) is 0. The highest BCUT2D eigenvalue weighted by Crippen LogP contribution is 2.17. The zero-order valence-electron chi connectivity index (χ0n) is 8.76. The first-order valence-corrected chi connectivity index (χ1v) is 4.97. The standard InChI is InChI=1S/C14H11NO/c1-2-11-5-8-14(15-9-11)13-6-3-12(10-16)4-7-13/h2-10H,1H2. The molecule has 0 aliphatic carbocycles. The van der Waals surface area contributed by atoms with Crippen LogP contribution in [0.4, 0.5) is 0 Å². The van der Waals surface area contributed by atoms with Crippen molar-refractivity contribution in [2.75, 3.05) is 0 Å². The summed E-state index contributed by atoms with van der Waals surface area (Å²) in [6.07, 6.45) is 4.36. The molecule has 16 heavy (non-hydrogen) atoms. The number of benzene rings is 1. The Hall–Kier alpha value is -2.22. The van der Waals surface area contributed by atoms with Gasteiger partial charge in [0.1, 0.15) is 6.29 Å². The van der Waals surface area contributed by atoms with Crippen LogP contribution in [0.15, 0.2) is 49.2 Å². The summed E-state index contributed by atoms with van der Waals surface area (Å²) in [5.41, 5.74) is 3.56. The normalized spacial score (nSPS) is 9.75. The van der Waals surface area contributed by atoms with Crippen LogP contribution in [0.2, 0.25) is 0 Å². The SMILES string of the molecule is C=Cc1ccc(-c2ccc(C=O)cc2)nc1. The summed E-state index contributed by atoms with van der Waals surface area (Å²) in [6, 6.07) is 11.2. The lowest BCUT2D eigenvalue weighted by Crippen LogP contribution is -1.85. The molecule has 0 amide bonds. The summed E-state index contributed by atoms with van der Waals surface area (Å²) < 4.78 is 0. The molecule has 0 radical (unpaired) electrons. The fraction of sp³-hybridized carbons (Fsp3) is 0. The molecule has 0 spiro atoms. The van der Waals surface area contributed by atoms with Gasteiger partial charge in [0.15, 0.2) is 0 Å². The van der Waals surface area contributed by atoms with Gasteiger partial charge in [-0.1, -0.05) is 43.0 Å². The average Bonchev–Trinajstić information content (AvgIpc) is 2.39. The van der Waals surface area contributed by atoms with Gasteiger partial charge in [-0.3, -0.25) is 9.78 Å². The van der Waals surface area contributed by atoms with E-state index in [-0.39, 0.29) is 0 Å². The first-order chi connectivity index (χ1) is 7.83. The number of pyridine rings is 1. The molecule has 0 N–H and O–H groups in total. The number of hydrogen-bond acceptors (Lipinski definition) is 2. The fourth-order valence-corrected chi connectivity index (χ4v) is 1.43. The van der Waals surface area contributed by atoms with Crippen molar-refractivity contribution in [3.63, 3.8) is 0 Å². The molecule has 2 aromatic rings. The Kier molecular flexibility index (Phi) is 2.92. The van der Waals surface area contributed by atoms with E-state index in [1.54, 1.807) is 24.4 Å². The van der Waals surface area contributed by atoms with Crippen LogP contribution in [0.1, 0.15) is 15.9 Å². The van der Waals surface area contributed by atoms with E-state index in [1.807, 2.05) is 24.3 Å². The summed E-state index contributed by atoms with van der Waals surface area (Å²) in [6.45, 7) is 3.68. The number of nitrogens with zero attached hydrogens (tertiary/aromatic N) is 1. The van der Waals surface area contributed by atoms with Crippen LogP contribution in [0.3, 0.4) is 0 Å². The van der Waals surface area contributed by atoms with Crippen molar-refractivity contribution < 1.29 is 4.79 Å². The summed E-state index contributed by atoms with van der Waals surface area (Å²) in [5, 5.41) is 0. The van der Waals surface area contributed by atoms with Gasteiger partial charge in [0.2, 0.25) is 0 Å². The minimum absolute atomic E-state index is 0.673. The summed E-state index contributed by atoms with van der Waals surface area (Å²) in [4.78, 5) is 14.8. The predicted molar refractivity (Wildman–Crippen MR) is 65.2 cm³/mol. The van der Waals surface area contributed by atoms with Crippen molar-refractivity contribution in [3.8, 4) is 11.3 Å². The number of aldehydes is 1. The molecular weight excluding hydrogens is 198 g/mol. The molecule has 0 bridgehead atoms. The Labute approximate surface area is 94.3 Å². The summed E-state index contributed by atoms with van der Waals surface area (Å²) >= 11 is 0. The molecule has 1 aromatic heterocycles. The maximum atomic E-state index is 10.5. The van der Waals surface area contributed by atoms with Crippen LogP contribution in [-0.4, -0.2) is 11.3 Å².